The van der Waals surface area contributed by atoms with Crippen LogP contribution in [0.3, 0.4) is 0 Å². The van der Waals surface area contributed by atoms with Crippen molar-refractivity contribution >= 4 is 29.6 Å². The summed E-state index contributed by atoms with van der Waals surface area (Å²) in [5.74, 6) is -4.93. The maximum Gasteiger partial charge on any atom is 0.351 e. The Kier molecular flexibility index (Phi) is 10.1. The maximum absolute atomic E-state index is 15.5. The highest BCUT2D eigenvalue weighted by atomic mass is 19.1. The number of benzene rings is 4. The fourth-order valence-corrected chi connectivity index (χ4v) is 5.17. The minimum absolute atomic E-state index is 0.119. The number of amides is 1. The van der Waals surface area contributed by atoms with Gasteiger partial charge in [-0.2, -0.15) is 4.98 Å². The average Bonchev–Trinajstić information content (AvgIpc) is 3.48. The van der Waals surface area contributed by atoms with E-state index in [2.05, 4.69) is 10.3 Å². The summed E-state index contributed by atoms with van der Waals surface area (Å²) in [4.78, 5) is 69.4. The predicted molar refractivity (Wildman–Crippen MR) is 175 cm³/mol. The van der Waals surface area contributed by atoms with E-state index >= 15 is 4.39 Å². The molecule has 0 unspecified atom stereocenters. The fourth-order valence-electron chi connectivity index (χ4n) is 5.17. The van der Waals surface area contributed by atoms with Crippen molar-refractivity contribution in [3.8, 4) is 0 Å². The number of ether oxygens (including phenoxy) is 4. The summed E-state index contributed by atoms with van der Waals surface area (Å²) in [6, 6.07) is 31.7. The van der Waals surface area contributed by atoms with E-state index in [1.54, 1.807) is 72.8 Å². The molecule has 1 N–H and O–H groups in total. The summed E-state index contributed by atoms with van der Waals surface area (Å²) >= 11 is 0. The van der Waals surface area contributed by atoms with Crippen LogP contribution in [0.5, 0.6) is 0 Å². The number of nitrogens with zero attached hydrogens (tertiary/aromatic N) is 2. The van der Waals surface area contributed by atoms with E-state index < -0.39 is 72.3 Å². The van der Waals surface area contributed by atoms with Gasteiger partial charge < -0.3 is 24.3 Å². The zero-order valence-electron chi connectivity index (χ0n) is 26.1. The number of carbonyl (C=O) groups is 4. The Hall–Kier alpha value is -6.47. The molecule has 50 heavy (non-hydrogen) atoms. The van der Waals surface area contributed by atoms with Crippen molar-refractivity contribution in [1.82, 2.24) is 9.55 Å². The molecule has 1 aliphatic rings. The molecule has 12 nitrogen and oxygen atoms in total. The van der Waals surface area contributed by atoms with Gasteiger partial charge in [0.25, 0.3) is 5.91 Å². The molecule has 4 atom stereocenters. The number of nitrogens with one attached hydrogen (secondary N) is 1. The van der Waals surface area contributed by atoms with Gasteiger partial charge in [0.15, 0.2) is 30.1 Å². The van der Waals surface area contributed by atoms with Gasteiger partial charge in [0.1, 0.15) is 12.7 Å². The highest BCUT2D eigenvalue weighted by molar-refractivity contribution is 6.03. The normalized spacial score (nSPS) is 18.1. The molecule has 1 saturated heterocycles. The molecule has 0 saturated carbocycles. The minimum Gasteiger partial charge on any atom is -0.459 e. The summed E-state index contributed by atoms with van der Waals surface area (Å²) in [6.07, 6.45) is -5.29. The Morgan fingerprint density at radius 1 is 0.680 bits per heavy atom. The second-order valence-corrected chi connectivity index (χ2v) is 10.9. The predicted octanol–water partition coefficient (Wildman–Crippen LogP) is 4.84. The molecule has 0 bridgehead atoms. The lowest BCUT2D eigenvalue weighted by atomic mass is 10.1. The number of halogens is 1. The third kappa shape index (κ3) is 7.63. The lowest BCUT2D eigenvalue weighted by molar-refractivity contribution is -0.0642. The van der Waals surface area contributed by atoms with Crippen molar-refractivity contribution < 1.29 is 42.5 Å². The quantitative estimate of drug-likeness (QED) is 0.161. The van der Waals surface area contributed by atoms with E-state index in [0.29, 0.717) is 4.57 Å². The number of carbonyl (C=O) groups excluding carboxylic acids is 4. The number of rotatable bonds is 10. The van der Waals surface area contributed by atoms with E-state index in [0.717, 1.165) is 6.20 Å². The molecule has 5 aromatic rings. The van der Waals surface area contributed by atoms with Gasteiger partial charge in [-0.15, -0.1) is 0 Å². The summed E-state index contributed by atoms with van der Waals surface area (Å²) in [6.45, 7) is -0.522. The second-order valence-electron chi connectivity index (χ2n) is 10.9. The van der Waals surface area contributed by atoms with Crippen LogP contribution in [0.2, 0.25) is 0 Å². The second kappa shape index (κ2) is 15.2. The van der Waals surface area contributed by atoms with Gasteiger partial charge in [-0.25, -0.2) is 23.6 Å². The summed E-state index contributed by atoms with van der Waals surface area (Å²) in [5.41, 5.74) is -0.416. The minimum atomic E-state index is -1.63. The van der Waals surface area contributed by atoms with E-state index in [1.165, 1.54) is 48.5 Å². The van der Waals surface area contributed by atoms with Crippen molar-refractivity contribution in [3.05, 3.63) is 166 Å². The van der Waals surface area contributed by atoms with Crippen LogP contribution in [0.15, 0.2) is 132 Å². The van der Waals surface area contributed by atoms with E-state index in [1.807, 2.05) is 0 Å². The fraction of sp³-hybridized carbons (Fsp3) is 0.135. The van der Waals surface area contributed by atoms with Crippen molar-refractivity contribution in [3.63, 3.8) is 0 Å². The number of hydrogen-bond acceptors (Lipinski definition) is 10. The monoisotopic (exact) mass is 677 g/mol. The molecule has 0 radical (unpaired) electrons. The molecule has 4 aromatic carbocycles. The van der Waals surface area contributed by atoms with Crippen LogP contribution in [-0.4, -0.2) is 58.3 Å². The van der Waals surface area contributed by atoms with E-state index in [4.69, 9.17) is 18.9 Å². The van der Waals surface area contributed by atoms with Gasteiger partial charge in [-0.3, -0.25) is 9.36 Å². The van der Waals surface area contributed by atoms with E-state index in [9.17, 15) is 24.0 Å². The van der Waals surface area contributed by atoms with Crippen molar-refractivity contribution in [2.75, 3.05) is 11.9 Å². The van der Waals surface area contributed by atoms with Crippen molar-refractivity contribution in [2.45, 2.75) is 24.5 Å². The highest BCUT2D eigenvalue weighted by Gasteiger charge is 2.52. The largest absolute Gasteiger partial charge is 0.459 e. The third-order valence-electron chi connectivity index (χ3n) is 7.63. The summed E-state index contributed by atoms with van der Waals surface area (Å²) < 4.78 is 39.5. The molecule has 0 aliphatic carbocycles. The Balaban J connectivity index is 1.35. The zero-order valence-corrected chi connectivity index (χ0v) is 26.1. The Morgan fingerprint density at radius 2 is 1.14 bits per heavy atom. The van der Waals surface area contributed by atoms with Gasteiger partial charge in [0, 0.05) is 5.56 Å². The first kappa shape index (κ1) is 33.4. The topological polar surface area (TPSA) is 152 Å². The average molecular weight is 678 g/mol. The van der Waals surface area contributed by atoms with Gasteiger partial charge in [0.05, 0.1) is 22.9 Å². The van der Waals surface area contributed by atoms with Crippen LogP contribution in [0.4, 0.5) is 10.2 Å². The number of esters is 3. The Bertz CT molecular complexity index is 2050. The Morgan fingerprint density at radius 3 is 1.66 bits per heavy atom. The van der Waals surface area contributed by atoms with Crippen LogP contribution in [0, 0.1) is 5.82 Å². The lowest BCUT2D eigenvalue weighted by Gasteiger charge is -2.25. The van der Waals surface area contributed by atoms with Crippen molar-refractivity contribution in [1.29, 1.82) is 0 Å². The van der Waals surface area contributed by atoms with Gasteiger partial charge >= 0.3 is 23.6 Å². The van der Waals surface area contributed by atoms with Crippen LogP contribution in [-0.2, 0) is 18.9 Å². The van der Waals surface area contributed by atoms with Crippen LogP contribution < -0.4 is 11.0 Å². The number of aromatic nitrogens is 2. The molecular weight excluding hydrogens is 649 g/mol. The van der Waals surface area contributed by atoms with Gasteiger partial charge in [0.2, 0.25) is 0 Å². The molecule has 2 heterocycles. The first-order valence-corrected chi connectivity index (χ1v) is 15.3. The molecule has 0 spiro atoms. The highest BCUT2D eigenvalue weighted by Crippen LogP contribution is 2.35. The molecule has 13 heteroatoms. The van der Waals surface area contributed by atoms with E-state index in [-0.39, 0.29) is 22.3 Å². The first-order chi connectivity index (χ1) is 24.3. The molecule has 1 fully saturated rings. The molecular formula is C37H28FN3O9. The molecule has 1 aromatic heterocycles. The van der Waals surface area contributed by atoms with Crippen LogP contribution >= 0.6 is 0 Å². The molecule has 1 amide bonds. The number of hydrogen-bond donors (Lipinski definition) is 1. The number of anilines is 1. The maximum atomic E-state index is 15.5. The zero-order chi connectivity index (χ0) is 35.0. The third-order valence-corrected chi connectivity index (χ3v) is 7.63. The summed E-state index contributed by atoms with van der Waals surface area (Å²) in [7, 11) is 0. The Labute approximate surface area is 284 Å². The lowest BCUT2D eigenvalue weighted by Crippen LogP contribution is -2.42. The van der Waals surface area contributed by atoms with Gasteiger partial charge in [-0.05, 0) is 48.5 Å². The van der Waals surface area contributed by atoms with Gasteiger partial charge in [-0.1, -0.05) is 72.8 Å². The smallest absolute Gasteiger partial charge is 0.351 e. The SMILES string of the molecule is O=C(Nc1nc(=O)n([C@@H]2O[C@H](COC(=O)c3ccccc3)[C@@H](OC(=O)c3ccccc3)[C@H]2OC(=O)c2ccccc2)cc1F)c1ccccc1. The van der Waals surface area contributed by atoms with Crippen LogP contribution in [0.25, 0.3) is 0 Å². The molecule has 252 valence electrons. The molecule has 1 aliphatic heterocycles. The summed E-state index contributed by atoms with van der Waals surface area (Å²) in [5, 5.41) is 2.27. The first-order valence-electron chi connectivity index (χ1n) is 15.3. The molecule has 6 rings (SSSR count). The van der Waals surface area contributed by atoms with Crippen molar-refractivity contribution in [2.24, 2.45) is 0 Å². The standard InChI is InChI=1S/C37H28FN3O9/c38-27-21-41(37(46)40-31(27)39-32(42)23-13-5-1-6-14-23)33-30(50-36(45)26-19-11-4-12-20-26)29(49-35(44)25-17-9-3-10-18-25)28(48-33)22-47-34(43)24-15-7-2-8-16-24/h1-21,28-30,33H,22H2,(H,39,40,42,46)/t28-,29-,30-,33-/m1/s1. The van der Waals surface area contributed by atoms with Crippen LogP contribution in [0.1, 0.15) is 47.7 Å².